The zero-order valence-electron chi connectivity index (χ0n) is 18.0. The highest BCUT2D eigenvalue weighted by atomic mass is 19.4. The van der Waals surface area contributed by atoms with Gasteiger partial charge in [-0.2, -0.15) is 18.2 Å². The second-order valence-corrected chi connectivity index (χ2v) is 8.35. The van der Waals surface area contributed by atoms with Crippen molar-refractivity contribution in [1.82, 2.24) is 20.4 Å². The van der Waals surface area contributed by atoms with Crippen LogP contribution in [-0.2, 0) is 5.41 Å². The largest absolute Gasteiger partial charge is 0.439 e. The number of nitrogens with zero attached hydrogens (tertiary/aromatic N) is 3. The second-order valence-electron chi connectivity index (χ2n) is 8.35. The summed E-state index contributed by atoms with van der Waals surface area (Å²) in [7, 11) is 0. The molecular weight excluding hydrogens is 456 g/mol. The van der Waals surface area contributed by atoms with Crippen LogP contribution in [0.3, 0.4) is 0 Å². The molecule has 0 aliphatic heterocycles. The molecule has 0 bridgehead atoms. The molecule has 11 heteroatoms. The third-order valence-corrected chi connectivity index (χ3v) is 5.87. The zero-order valence-corrected chi connectivity index (χ0v) is 18.0. The maximum Gasteiger partial charge on any atom is 0.403 e. The maximum atomic E-state index is 13.7. The molecule has 2 aromatic carbocycles. The van der Waals surface area contributed by atoms with E-state index in [0.717, 1.165) is 0 Å². The first-order valence-electron chi connectivity index (χ1n) is 10.5. The number of nitrogens with one attached hydrogen (secondary N) is 1. The van der Waals surface area contributed by atoms with Gasteiger partial charge in [0, 0.05) is 11.1 Å². The minimum absolute atomic E-state index is 0.0919. The Labute approximate surface area is 190 Å². The summed E-state index contributed by atoms with van der Waals surface area (Å²) in [5.41, 5.74) is -1.03. The average Bonchev–Trinajstić information content (AvgIpc) is 3.32. The fraction of sp³-hybridized carbons (Fsp3) is 0.304. The molecule has 1 N–H and O–H groups in total. The summed E-state index contributed by atoms with van der Waals surface area (Å²) in [6.07, 6.45) is -4.75. The Balaban J connectivity index is 1.59. The first kappa shape index (κ1) is 22.1. The Morgan fingerprint density at radius 3 is 2.44 bits per heavy atom. The summed E-state index contributed by atoms with van der Waals surface area (Å²) in [5.74, 6) is -0.842. The normalized spacial score (nSPS) is 15.9. The Kier molecular flexibility index (Phi) is 4.96. The smallest absolute Gasteiger partial charge is 0.403 e. The van der Waals surface area contributed by atoms with Crippen molar-refractivity contribution in [3.8, 4) is 11.1 Å². The highest BCUT2D eigenvalue weighted by Gasteiger charge is 2.67. The van der Waals surface area contributed by atoms with Crippen molar-refractivity contribution in [3.63, 3.8) is 0 Å². The van der Waals surface area contributed by atoms with Crippen molar-refractivity contribution >= 4 is 17.0 Å². The number of alkyl halides is 3. The van der Waals surface area contributed by atoms with Crippen LogP contribution in [0.15, 0.2) is 45.3 Å². The third-order valence-electron chi connectivity index (χ3n) is 5.87. The molecule has 7 nitrogen and oxygen atoms in total. The van der Waals surface area contributed by atoms with Crippen LogP contribution in [-0.4, -0.2) is 27.2 Å². The molecule has 5 rings (SSSR count). The van der Waals surface area contributed by atoms with E-state index in [1.807, 2.05) is 0 Å². The first-order chi connectivity index (χ1) is 16.1. The molecular formula is C23H18F4N4O3. The highest BCUT2D eigenvalue weighted by Crippen LogP contribution is 2.59. The molecule has 0 saturated heterocycles. The van der Waals surface area contributed by atoms with Gasteiger partial charge in [-0.1, -0.05) is 17.3 Å². The van der Waals surface area contributed by atoms with Crippen LogP contribution >= 0.6 is 0 Å². The Morgan fingerprint density at radius 2 is 1.85 bits per heavy atom. The van der Waals surface area contributed by atoms with Gasteiger partial charge >= 0.3 is 6.18 Å². The molecule has 1 amide bonds. The lowest BCUT2D eigenvalue weighted by molar-refractivity contribution is -0.165. The van der Waals surface area contributed by atoms with Gasteiger partial charge in [-0.15, -0.1) is 0 Å². The van der Waals surface area contributed by atoms with Gasteiger partial charge < -0.3 is 14.3 Å². The molecule has 2 heterocycles. The van der Waals surface area contributed by atoms with Gasteiger partial charge in [0.05, 0.1) is 0 Å². The van der Waals surface area contributed by atoms with E-state index in [2.05, 4.69) is 20.4 Å². The van der Waals surface area contributed by atoms with Gasteiger partial charge in [-0.05, 0) is 56.5 Å². The number of hydrogen-bond donors (Lipinski definition) is 1. The number of carbonyl (C=O) groups excluding carboxylic acids is 1. The number of rotatable bonds is 5. The lowest BCUT2D eigenvalue weighted by Gasteiger charge is -2.14. The number of fused-ring (bicyclic) bond motifs is 1. The molecule has 0 radical (unpaired) electrons. The van der Waals surface area contributed by atoms with E-state index in [4.69, 9.17) is 8.94 Å². The molecule has 4 aromatic rings. The Morgan fingerprint density at radius 1 is 1.15 bits per heavy atom. The summed E-state index contributed by atoms with van der Waals surface area (Å²) < 4.78 is 65.2. The van der Waals surface area contributed by atoms with E-state index in [-0.39, 0.29) is 35.4 Å². The summed E-state index contributed by atoms with van der Waals surface area (Å²) >= 11 is 0. The van der Waals surface area contributed by atoms with E-state index in [0.29, 0.717) is 17.0 Å². The number of amides is 1. The number of aromatic nitrogens is 3. The van der Waals surface area contributed by atoms with Crippen molar-refractivity contribution in [2.24, 2.45) is 0 Å². The number of hydrogen-bond acceptors (Lipinski definition) is 6. The van der Waals surface area contributed by atoms with Crippen LogP contribution in [0.2, 0.25) is 0 Å². The predicted molar refractivity (Wildman–Crippen MR) is 111 cm³/mol. The van der Waals surface area contributed by atoms with Crippen molar-refractivity contribution in [2.45, 2.75) is 44.3 Å². The van der Waals surface area contributed by atoms with Crippen molar-refractivity contribution in [2.75, 3.05) is 0 Å². The first-order valence-corrected chi connectivity index (χ1v) is 10.5. The van der Waals surface area contributed by atoms with Crippen LogP contribution in [0.1, 0.15) is 53.8 Å². The van der Waals surface area contributed by atoms with E-state index < -0.39 is 35.2 Å². The maximum absolute atomic E-state index is 13.7. The van der Waals surface area contributed by atoms with E-state index in [9.17, 15) is 22.4 Å². The number of oxazole rings is 1. The van der Waals surface area contributed by atoms with Gasteiger partial charge in [0.1, 0.15) is 22.8 Å². The molecule has 0 unspecified atom stereocenters. The van der Waals surface area contributed by atoms with Crippen molar-refractivity contribution in [3.05, 3.63) is 65.4 Å². The Hall–Kier alpha value is -3.76. The molecule has 176 valence electrons. The minimum atomic E-state index is -4.51. The number of aryl methyl sites for hydroxylation is 1. The standard InChI is InChI=1S/C23H18F4N4O3/c1-11(20-29-12(2)31-34-20)28-19(32)14-9-16(13-3-5-15(24)6-4-13)18-17(10-14)30-21(33-18)22(7-8-22)23(25,26)27/h3-6,9-11H,7-8H2,1-2H3,(H,28,32)/t11-/m1/s1. The minimum Gasteiger partial charge on any atom is -0.439 e. The van der Waals surface area contributed by atoms with Crippen LogP contribution in [0.25, 0.3) is 22.2 Å². The SMILES string of the molecule is Cc1noc([C@@H](C)NC(=O)c2cc(-c3ccc(F)cc3)c3oc(C4(C(F)(F)F)CC4)nc3c2)n1. The quantitative estimate of drug-likeness (QED) is 0.389. The summed E-state index contributed by atoms with van der Waals surface area (Å²) in [6.45, 7) is 3.29. The van der Waals surface area contributed by atoms with Crippen LogP contribution in [0, 0.1) is 12.7 Å². The number of halogens is 4. The number of benzene rings is 2. The topological polar surface area (TPSA) is 94.1 Å². The Bertz CT molecular complexity index is 1390. The summed E-state index contributed by atoms with van der Waals surface area (Å²) in [4.78, 5) is 21.2. The summed E-state index contributed by atoms with van der Waals surface area (Å²) in [6, 6.07) is 7.54. The fourth-order valence-corrected chi connectivity index (χ4v) is 3.79. The van der Waals surface area contributed by atoms with Gasteiger partial charge in [0.2, 0.25) is 11.8 Å². The monoisotopic (exact) mass is 474 g/mol. The van der Waals surface area contributed by atoms with E-state index in [1.165, 1.54) is 36.4 Å². The molecule has 1 atom stereocenters. The van der Waals surface area contributed by atoms with E-state index >= 15 is 0 Å². The van der Waals surface area contributed by atoms with Gasteiger partial charge in [-0.25, -0.2) is 9.37 Å². The lowest BCUT2D eigenvalue weighted by Crippen LogP contribution is -2.28. The molecule has 34 heavy (non-hydrogen) atoms. The number of carbonyl (C=O) groups is 1. The summed E-state index contributed by atoms with van der Waals surface area (Å²) in [5, 5.41) is 6.41. The van der Waals surface area contributed by atoms with Gasteiger partial charge in [0.15, 0.2) is 11.4 Å². The predicted octanol–water partition coefficient (Wildman–Crippen LogP) is 5.41. The van der Waals surface area contributed by atoms with Crippen LogP contribution in [0.5, 0.6) is 0 Å². The van der Waals surface area contributed by atoms with Crippen molar-refractivity contribution in [1.29, 1.82) is 0 Å². The molecule has 2 aromatic heterocycles. The molecule has 1 fully saturated rings. The van der Waals surface area contributed by atoms with Crippen LogP contribution in [0.4, 0.5) is 17.6 Å². The third kappa shape index (κ3) is 3.70. The van der Waals surface area contributed by atoms with Gasteiger partial charge in [-0.3, -0.25) is 4.79 Å². The molecule has 0 spiro atoms. The van der Waals surface area contributed by atoms with Crippen molar-refractivity contribution < 1.29 is 31.3 Å². The molecule has 1 saturated carbocycles. The molecule has 1 aliphatic carbocycles. The highest BCUT2D eigenvalue weighted by molar-refractivity contribution is 6.02. The lowest BCUT2D eigenvalue weighted by atomic mass is 10.0. The second kappa shape index (κ2) is 7.64. The van der Waals surface area contributed by atoms with E-state index in [1.54, 1.807) is 13.8 Å². The van der Waals surface area contributed by atoms with Crippen LogP contribution < -0.4 is 5.32 Å². The molecule has 1 aliphatic rings. The zero-order chi connectivity index (χ0) is 24.3. The average molecular weight is 474 g/mol. The van der Waals surface area contributed by atoms with Gasteiger partial charge in [0.25, 0.3) is 5.91 Å². The fourth-order valence-electron chi connectivity index (χ4n) is 3.79.